The standard InChI is InChI=1S/C25H20N4O2/c1-3-17-9-8-10-19(13-17)28-24-21-15-22(18(4-2)14-23(21)26-16-27-24)29-25(30)31-20-11-6-5-7-12-20/h1,5-16H,4H2,2H3,(H,29,30)(H,26,27,28). The number of aromatic nitrogens is 2. The summed E-state index contributed by atoms with van der Waals surface area (Å²) in [5, 5.41) is 6.89. The number of para-hydroxylation sites is 1. The van der Waals surface area contributed by atoms with Gasteiger partial charge in [0.25, 0.3) is 0 Å². The molecule has 1 heterocycles. The van der Waals surface area contributed by atoms with E-state index in [1.54, 1.807) is 24.3 Å². The molecule has 1 aromatic heterocycles. The molecule has 4 aromatic rings. The Morgan fingerprint density at radius 2 is 1.90 bits per heavy atom. The number of anilines is 3. The van der Waals surface area contributed by atoms with Crippen molar-refractivity contribution >= 4 is 34.2 Å². The molecule has 0 saturated heterocycles. The minimum absolute atomic E-state index is 0.470. The molecule has 0 bridgehead atoms. The number of ether oxygens (including phenoxy) is 1. The van der Waals surface area contributed by atoms with Crippen molar-refractivity contribution in [2.24, 2.45) is 0 Å². The maximum Gasteiger partial charge on any atom is 0.417 e. The SMILES string of the molecule is C#Cc1cccc(Nc2ncnc3cc(CC)c(NC(=O)Oc4ccccc4)cc23)c1. The number of rotatable bonds is 5. The maximum absolute atomic E-state index is 12.4. The highest BCUT2D eigenvalue weighted by Crippen LogP contribution is 2.29. The van der Waals surface area contributed by atoms with Crippen molar-refractivity contribution in [1.82, 2.24) is 9.97 Å². The molecule has 0 radical (unpaired) electrons. The van der Waals surface area contributed by atoms with Crippen molar-refractivity contribution < 1.29 is 9.53 Å². The van der Waals surface area contributed by atoms with E-state index in [0.29, 0.717) is 23.7 Å². The van der Waals surface area contributed by atoms with Gasteiger partial charge in [0.2, 0.25) is 0 Å². The lowest BCUT2D eigenvalue weighted by atomic mass is 10.1. The molecule has 3 aromatic carbocycles. The Morgan fingerprint density at radius 1 is 1.06 bits per heavy atom. The van der Waals surface area contributed by atoms with Gasteiger partial charge in [-0.25, -0.2) is 14.8 Å². The summed E-state index contributed by atoms with van der Waals surface area (Å²) in [5.74, 6) is 3.70. The number of fused-ring (bicyclic) bond motifs is 1. The van der Waals surface area contributed by atoms with Gasteiger partial charge in [0.15, 0.2) is 0 Å². The van der Waals surface area contributed by atoms with Crippen molar-refractivity contribution in [3.05, 3.63) is 84.2 Å². The van der Waals surface area contributed by atoms with Crippen LogP contribution in [0, 0.1) is 12.3 Å². The Hall–Kier alpha value is -4.37. The van der Waals surface area contributed by atoms with Gasteiger partial charge >= 0.3 is 6.09 Å². The molecule has 0 saturated carbocycles. The Morgan fingerprint density at radius 3 is 2.68 bits per heavy atom. The number of hydrogen-bond acceptors (Lipinski definition) is 5. The highest BCUT2D eigenvalue weighted by atomic mass is 16.6. The molecule has 0 aliphatic carbocycles. The Labute approximate surface area is 180 Å². The van der Waals surface area contributed by atoms with Gasteiger partial charge in [-0.2, -0.15) is 0 Å². The third kappa shape index (κ3) is 4.62. The second-order valence-corrected chi connectivity index (χ2v) is 6.78. The third-order valence-corrected chi connectivity index (χ3v) is 4.72. The smallest absolute Gasteiger partial charge is 0.410 e. The second-order valence-electron chi connectivity index (χ2n) is 6.78. The Balaban J connectivity index is 1.66. The second kappa shape index (κ2) is 8.97. The fraction of sp³-hybridized carbons (Fsp3) is 0.0800. The van der Waals surface area contributed by atoms with E-state index in [-0.39, 0.29) is 0 Å². The lowest BCUT2D eigenvalue weighted by Crippen LogP contribution is -2.17. The average Bonchev–Trinajstić information content (AvgIpc) is 2.80. The molecule has 0 aliphatic heterocycles. The fourth-order valence-corrected chi connectivity index (χ4v) is 3.21. The van der Waals surface area contributed by atoms with E-state index in [4.69, 9.17) is 11.2 Å². The van der Waals surface area contributed by atoms with Crippen LogP contribution in [0.2, 0.25) is 0 Å². The molecule has 2 N–H and O–H groups in total. The number of benzene rings is 3. The Kier molecular flexibility index (Phi) is 5.77. The number of nitrogens with one attached hydrogen (secondary N) is 2. The number of carbonyl (C=O) groups is 1. The molecule has 152 valence electrons. The minimum atomic E-state index is -0.562. The molecule has 31 heavy (non-hydrogen) atoms. The van der Waals surface area contributed by atoms with Crippen molar-refractivity contribution in [2.45, 2.75) is 13.3 Å². The predicted octanol–water partition coefficient (Wildman–Crippen LogP) is 5.53. The fourth-order valence-electron chi connectivity index (χ4n) is 3.21. The van der Waals surface area contributed by atoms with E-state index < -0.39 is 6.09 Å². The first kappa shape index (κ1) is 19.9. The maximum atomic E-state index is 12.4. The topological polar surface area (TPSA) is 76.1 Å². The molecule has 1 amide bonds. The lowest BCUT2D eigenvalue weighted by Gasteiger charge is -2.14. The summed E-state index contributed by atoms with van der Waals surface area (Å²) in [7, 11) is 0. The normalized spacial score (nSPS) is 10.3. The lowest BCUT2D eigenvalue weighted by molar-refractivity contribution is 0.215. The van der Waals surface area contributed by atoms with Crippen LogP contribution in [0.4, 0.5) is 22.0 Å². The van der Waals surface area contributed by atoms with E-state index in [9.17, 15) is 4.79 Å². The molecule has 0 unspecified atom stereocenters. The van der Waals surface area contributed by atoms with Gasteiger partial charge in [0.1, 0.15) is 17.9 Å². The summed E-state index contributed by atoms with van der Waals surface area (Å²) in [6.45, 7) is 2.01. The summed E-state index contributed by atoms with van der Waals surface area (Å²) < 4.78 is 5.37. The van der Waals surface area contributed by atoms with E-state index in [1.807, 2.05) is 49.4 Å². The summed E-state index contributed by atoms with van der Waals surface area (Å²) in [6, 6.07) is 20.2. The third-order valence-electron chi connectivity index (χ3n) is 4.72. The molecule has 6 heteroatoms. The summed E-state index contributed by atoms with van der Waals surface area (Å²) in [4.78, 5) is 21.2. The molecule has 0 fully saturated rings. The van der Waals surface area contributed by atoms with E-state index >= 15 is 0 Å². The predicted molar refractivity (Wildman–Crippen MR) is 123 cm³/mol. The van der Waals surface area contributed by atoms with Crippen LogP contribution in [0.1, 0.15) is 18.1 Å². The molecule has 0 aliphatic rings. The van der Waals surface area contributed by atoms with Crippen LogP contribution < -0.4 is 15.4 Å². The number of hydrogen-bond donors (Lipinski definition) is 2. The van der Waals surface area contributed by atoms with Gasteiger partial charge in [0, 0.05) is 22.3 Å². The summed E-state index contributed by atoms with van der Waals surface area (Å²) in [5.41, 5.74) is 3.93. The highest BCUT2D eigenvalue weighted by molar-refractivity contribution is 5.97. The van der Waals surface area contributed by atoms with Gasteiger partial charge in [-0.15, -0.1) is 6.42 Å². The number of nitrogens with zero attached hydrogens (tertiary/aromatic N) is 2. The molecular formula is C25H20N4O2. The minimum Gasteiger partial charge on any atom is -0.410 e. The van der Waals surface area contributed by atoms with Gasteiger partial charge in [0.05, 0.1) is 5.52 Å². The monoisotopic (exact) mass is 408 g/mol. The molecule has 0 spiro atoms. The van der Waals surface area contributed by atoms with Crippen LogP contribution in [0.15, 0.2) is 73.1 Å². The largest absolute Gasteiger partial charge is 0.417 e. The van der Waals surface area contributed by atoms with Crippen molar-refractivity contribution in [1.29, 1.82) is 0 Å². The molecule has 4 rings (SSSR count). The van der Waals surface area contributed by atoms with Gasteiger partial charge in [-0.05, 0) is 54.4 Å². The Bertz CT molecular complexity index is 1280. The van der Waals surface area contributed by atoms with Crippen molar-refractivity contribution in [3.63, 3.8) is 0 Å². The number of terminal acetylenes is 1. The van der Waals surface area contributed by atoms with Crippen LogP contribution in [-0.2, 0) is 6.42 Å². The van der Waals surface area contributed by atoms with E-state index in [1.165, 1.54) is 6.33 Å². The van der Waals surface area contributed by atoms with Crippen molar-refractivity contribution in [2.75, 3.05) is 10.6 Å². The van der Waals surface area contributed by atoms with Crippen LogP contribution >= 0.6 is 0 Å². The summed E-state index contributed by atoms with van der Waals surface area (Å²) >= 11 is 0. The van der Waals surface area contributed by atoms with Gasteiger partial charge < -0.3 is 10.1 Å². The zero-order valence-electron chi connectivity index (χ0n) is 16.9. The molecule has 0 atom stereocenters. The average molecular weight is 408 g/mol. The van der Waals surface area contributed by atoms with E-state index in [0.717, 1.165) is 27.7 Å². The van der Waals surface area contributed by atoms with Crippen LogP contribution in [-0.4, -0.2) is 16.1 Å². The zero-order chi connectivity index (χ0) is 21.6. The van der Waals surface area contributed by atoms with Crippen molar-refractivity contribution in [3.8, 4) is 18.1 Å². The number of carbonyl (C=O) groups excluding carboxylic acids is 1. The number of aryl methyl sites for hydroxylation is 1. The van der Waals surface area contributed by atoms with Gasteiger partial charge in [-0.1, -0.05) is 37.1 Å². The highest BCUT2D eigenvalue weighted by Gasteiger charge is 2.13. The first-order valence-corrected chi connectivity index (χ1v) is 9.81. The first-order chi connectivity index (χ1) is 15.2. The number of amides is 1. The van der Waals surface area contributed by atoms with Gasteiger partial charge in [-0.3, -0.25) is 5.32 Å². The molecule has 6 nitrogen and oxygen atoms in total. The van der Waals surface area contributed by atoms with Crippen LogP contribution in [0.25, 0.3) is 10.9 Å². The van der Waals surface area contributed by atoms with Crippen LogP contribution in [0.5, 0.6) is 5.75 Å². The quantitative estimate of drug-likeness (QED) is 0.425. The van der Waals surface area contributed by atoms with E-state index in [2.05, 4.69) is 26.5 Å². The molecular weight excluding hydrogens is 388 g/mol. The first-order valence-electron chi connectivity index (χ1n) is 9.81. The summed E-state index contributed by atoms with van der Waals surface area (Å²) in [6.07, 6.45) is 7.16. The van der Waals surface area contributed by atoms with Crippen LogP contribution in [0.3, 0.4) is 0 Å². The zero-order valence-corrected chi connectivity index (χ0v) is 16.9.